The van der Waals surface area contributed by atoms with Gasteiger partial charge in [-0.1, -0.05) is 12.8 Å². The smallest absolute Gasteiger partial charge is 0.101 e. The van der Waals surface area contributed by atoms with Crippen LogP contribution in [0.3, 0.4) is 0 Å². The molecule has 1 fully saturated rings. The fourth-order valence-electron chi connectivity index (χ4n) is 2.00. The summed E-state index contributed by atoms with van der Waals surface area (Å²) in [4.78, 5) is 0. The molecule has 1 aliphatic rings. The Kier molecular flexibility index (Phi) is 1.72. The Balaban J connectivity index is 2.28. The van der Waals surface area contributed by atoms with Gasteiger partial charge in [-0.25, -0.2) is 0 Å². The molecule has 2 nitrogen and oxygen atoms in total. The van der Waals surface area contributed by atoms with Crippen LogP contribution in [0.4, 0.5) is 0 Å². The van der Waals surface area contributed by atoms with Crippen molar-refractivity contribution in [2.75, 3.05) is 0 Å². The Morgan fingerprint density at radius 1 is 1.42 bits per heavy atom. The van der Waals surface area contributed by atoms with Gasteiger partial charge < -0.3 is 10.2 Å². The van der Waals surface area contributed by atoms with Crippen molar-refractivity contribution < 1.29 is 4.42 Å². The van der Waals surface area contributed by atoms with Crippen molar-refractivity contribution in [3.05, 3.63) is 23.7 Å². The Labute approximate surface area is 72.7 Å². The highest BCUT2D eigenvalue weighted by Gasteiger charge is 2.32. The third kappa shape index (κ3) is 1.16. The van der Waals surface area contributed by atoms with Crippen LogP contribution in [0.25, 0.3) is 0 Å². The molecule has 0 saturated heterocycles. The lowest BCUT2D eigenvalue weighted by molar-refractivity contribution is 0.449. The molecule has 0 amide bonds. The molecule has 12 heavy (non-hydrogen) atoms. The van der Waals surface area contributed by atoms with Crippen molar-refractivity contribution in [3.8, 4) is 0 Å². The van der Waals surface area contributed by atoms with Crippen LogP contribution < -0.4 is 5.73 Å². The largest absolute Gasteiger partial charge is 0.469 e. The molecule has 2 heteroatoms. The maximum atomic E-state index is 6.23. The molecule has 0 unspecified atom stereocenters. The molecule has 0 atom stereocenters. The number of hydrogen-bond acceptors (Lipinski definition) is 2. The summed E-state index contributed by atoms with van der Waals surface area (Å²) in [7, 11) is 0. The van der Waals surface area contributed by atoms with Crippen LogP contribution in [0.15, 0.2) is 16.7 Å². The van der Waals surface area contributed by atoms with Crippen LogP contribution in [-0.4, -0.2) is 0 Å². The van der Waals surface area contributed by atoms with Crippen molar-refractivity contribution in [2.45, 2.75) is 38.1 Å². The van der Waals surface area contributed by atoms with Gasteiger partial charge in [0.05, 0.1) is 6.26 Å². The second-order valence-electron chi connectivity index (χ2n) is 3.81. The summed E-state index contributed by atoms with van der Waals surface area (Å²) >= 11 is 0. The molecule has 1 aliphatic carbocycles. The zero-order valence-electron chi connectivity index (χ0n) is 7.47. The van der Waals surface area contributed by atoms with Crippen LogP contribution in [0.2, 0.25) is 0 Å². The standard InChI is InChI=1S/C10H15NO/c1-8-6-9(7-12-8)10(11)4-2-3-5-10/h6-7H,2-5,11H2,1H3. The predicted octanol–water partition coefficient (Wildman–Crippen LogP) is 2.32. The maximum absolute atomic E-state index is 6.23. The fourth-order valence-corrected chi connectivity index (χ4v) is 2.00. The fraction of sp³-hybridized carbons (Fsp3) is 0.600. The van der Waals surface area contributed by atoms with Gasteiger partial charge in [0.2, 0.25) is 0 Å². The molecule has 0 bridgehead atoms. The number of rotatable bonds is 1. The molecular formula is C10H15NO. The first-order valence-corrected chi connectivity index (χ1v) is 4.55. The van der Waals surface area contributed by atoms with E-state index in [0.717, 1.165) is 18.6 Å². The van der Waals surface area contributed by atoms with E-state index in [2.05, 4.69) is 6.07 Å². The second-order valence-corrected chi connectivity index (χ2v) is 3.81. The highest BCUT2D eigenvalue weighted by molar-refractivity contribution is 5.22. The molecule has 1 aromatic heterocycles. The van der Waals surface area contributed by atoms with Gasteiger partial charge in [-0.15, -0.1) is 0 Å². The van der Waals surface area contributed by atoms with Crippen molar-refractivity contribution in [1.82, 2.24) is 0 Å². The molecule has 1 heterocycles. The second kappa shape index (κ2) is 2.63. The van der Waals surface area contributed by atoms with E-state index >= 15 is 0 Å². The monoisotopic (exact) mass is 165 g/mol. The van der Waals surface area contributed by atoms with Gasteiger partial charge in [0, 0.05) is 11.1 Å². The zero-order valence-corrected chi connectivity index (χ0v) is 7.47. The lowest BCUT2D eigenvalue weighted by Crippen LogP contribution is -2.32. The van der Waals surface area contributed by atoms with Gasteiger partial charge in [0.1, 0.15) is 5.76 Å². The van der Waals surface area contributed by atoms with E-state index in [9.17, 15) is 0 Å². The van der Waals surface area contributed by atoms with Crippen molar-refractivity contribution in [3.63, 3.8) is 0 Å². The van der Waals surface area contributed by atoms with E-state index in [1.54, 1.807) is 6.26 Å². The van der Waals surface area contributed by atoms with Gasteiger partial charge in [0.15, 0.2) is 0 Å². The van der Waals surface area contributed by atoms with E-state index in [-0.39, 0.29) is 5.54 Å². The van der Waals surface area contributed by atoms with E-state index in [1.165, 1.54) is 18.4 Å². The highest BCUT2D eigenvalue weighted by Crippen LogP contribution is 2.36. The Hall–Kier alpha value is -0.760. The summed E-state index contributed by atoms with van der Waals surface area (Å²) in [6.45, 7) is 1.96. The molecule has 1 saturated carbocycles. The minimum absolute atomic E-state index is 0.0856. The van der Waals surface area contributed by atoms with Gasteiger partial charge in [-0.2, -0.15) is 0 Å². The van der Waals surface area contributed by atoms with Crippen molar-refractivity contribution in [2.24, 2.45) is 5.73 Å². The number of aryl methyl sites for hydroxylation is 1. The van der Waals surface area contributed by atoms with Gasteiger partial charge >= 0.3 is 0 Å². The highest BCUT2D eigenvalue weighted by atomic mass is 16.3. The first kappa shape index (κ1) is 7.87. The Morgan fingerprint density at radius 3 is 2.58 bits per heavy atom. The van der Waals surface area contributed by atoms with E-state index in [4.69, 9.17) is 10.2 Å². The van der Waals surface area contributed by atoms with Gasteiger partial charge in [-0.3, -0.25) is 0 Å². The summed E-state index contributed by atoms with van der Waals surface area (Å²) in [6, 6.07) is 2.06. The third-order valence-electron chi connectivity index (χ3n) is 2.80. The molecule has 0 radical (unpaired) electrons. The predicted molar refractivity (Wildman–Crippen MR) is 47.8 cm³/mol. The lowest BCUT2D eigenvalue weighted by Gasteiger charge is -2.21. The Bertz CT molecular complexity index is 271. The lowest BCUT2D eigenvalue weighted by atomic mass is 9.92. The average Bonchev–Trinajstić information content (AvgIpc) is 2.59. The Morgan fingerprint density at radius 2 is 2.08 bits per heavy atom. The maximum Gasteiger partial charge on any atom is 0.101 e. The third-order valence-corrected chi connectivity index (χ3v) is 2.80. The average molecular weight is 165 g/mol. The topological polar surface area (TPSA) is 39.2 Å². The van der Waals surface area contributed by atoms with Crippen LogP contribution in [0, 0.1) is 6.92 Å². The minimum Gasteiger partial charge on any atom is -0.469 e. The summed E-state index contributed by atoms with van der Waals surface area (Å²) in [5.74, 6) is 0.960. The van der Waals surface area contributed by atoms with E-state index in [0.29, 0.717) is 0 Å². The van der Waals surface area contributed by atoms with E-state index in [1.807, 2.05) is 6.92 Å². The van der Waals surface area contributed by atoms with Crippen LogP contribution in [-0.2, 0) is 5.54 Å². The SMILES string of the molecule is Cc1cc(C2(N)CCCC2)co1. The molecule has 0 spiro atoms. The summed E-state index contributed by atoms with van der Waals surface area (Å²) in [5.41, 5.74) is 7.33. The van der Waals surface area contributed by atoms with Crippen molar-refractivity contribution in [1.29, 1.82) is 0 Å². The number of hydrogen-bond donors (Lipinski definition) is 1. The first-order valence-electron chi connectivity index (χ1n) is 4.55. The van der Waals surface area contributed by atoms with Crippen LogP contribution in [0.5, 0.6) is 0 Å². The number of furan rings is 1. The first-order chi connectivity index (χ1) is 5.71. The van der Waals surface area contributed by atoms with Crippen LogP contribution in [0.1, 0.15) is 37.0 Å². The minimum atomic E-state index is -0.0856. The molecule has 66 valence electrons. The van der Waals surface area contributed by atoms with Gasteiger partial charge in [0.25, 0.3) is 0 Å². The number of nitrogens with two attached hydrogens (primary N) is 1. The van der Waals surface area contributed by atoms with E-state index < -0.39 is 0 Å². The summed E-state index contributed by atoms with van der Waals surface area (Å²) in [6.07, 6.45) is 6.51. The molecule has 2 N–H and O–H groups in total. The molecule has 0 aromatic carbocycles. The van der Waals surface area contributed by atoms with Gasteiger partial charge in [-0.05, 0) is 25.8 Å². The van der Waals surface area contributed by atoms with Crippen molar-refractivity contribution >= 4 is 0 Å². The zero-order chi connectivity index (χ0) is 8.60. The molecule has 2 rings (SSSR count). The molecule has 1 aromatic rings. The normalized spacial score (nSPS) is 21.5. The van der Waals surface area contributed by atoms with Crippen LogP contribution >= 0.6 is 0 Å². The summed E-state index contributed by atoms with van der Waals surface area (Å²) in [5, 5.41) is 0. The quantitative estimate of drug-likeness (QED) is 0.693. The molecular weight excluding hydrogens is 150 g/mol. The molecule has 0 aliphatic heterocycles. The summed E-state index contributed by atoms with van der Waals surface area (Å²) < 4.78 is 5.26.